The van der Waals surface area contributed by atoms with Crippen molar-refractivity contribution < 1.29 is 47.6 Å². The minimum atomic E-state index is -0.443. The molecular formula is C33H40O10. The fourth-order valence-electron chi connectivity index (χ4n) is 3.62. The lowest BCUT2D eigenvalue weighted by Gasteiger charge is -2.14. The summed E-state index contributed by atoms with van der Waals surface area (Å²) in [6, 6.07) is 10.2. The Balaban J connectivity index is 1.93. The van der Waals surface area contributed by atoms with Crippen LogP contribution in [-0.4, -0.2) is 64.2 Å². The molecule has 0 radical (unpaired) electrons. The predicted octanol–water partition coefficient (Wildman–Crippen LogP) is 5.11. The molecule has 10 nitrogen and oxygen atoms in total. The number of rotatable bonds is 18. The second-order valence-corrected chi connectivity index (χ2v) is 9.52. The monoisotopic (exact) mass is 596 g/mol. The predicted molar refractivity (Wildman–Crippen MR) is 161 cm³/mol. The van der Waals surface area contributed by atoms with Crippen LogP contribution in [0.25, 0.3) is 12.2 Å². The van der Waals surface area contributed by atoms with Gasteiger partial charge in [-0.15, -0.1) is 0 Å². The van der Waals surface area contributed by atoms with Crippen molar-refractivity contribution in [3.8, 4) is 23.0 Å². The lowest BCUT2D eigenvalue weighted by atomic mass is 10.1. The van der Waals surface area contributed by atoms with E-state index >= 15 is 0 Å². The molecule has 2 atom stereocenters. The number of esters is 2. The quantitative estimate of drug-likeness (QED) is 0.130. The smallest absolute Gasteiger partial charge is 0.312 e. The maximum absolute atomic E-state index is 12.4. The largest absolute Gasteiger partial charge is 0.493 e. The fraction of sp³-hybridized carbons (Fsp3) is 0.394. The van der Waals surface area contributed by atoms with Crippen LogP contribution < -0.4 is 18.9 Å². The van der Waals surface area contributed by atoms with Gasteiger partial charge in [0.1, 0.15) is 13.2 Å². The molecule has 0 aliphatic heterocycles. The summed E-state index contributed by atoms with van der Waals surface area (Å²) in [5.41, 5.74) is 1.34. The highest BCUT2D eigenvalue weighted by Crippen LogP contribution is 2.30. The van der Waals surface area contributed by atoms with Crippen molar-refractivity contribution >= 4 is 35.7 Å². The second kappa shape index (κ2) is 18.0. The van der Waals surface area contributed by atoms with Gasteiger partial charge in [0.2, 0.25) is 0 Å². The van der Waals surface area contributed by atoms with Crippen molar-refractivity contribution in [2.24, 2.45) is 11.8 Å². The van der Waals surface area contributed by atoms with Crippen LogP contribution in [0.2, 0.25) is 0 Å². The Bertz CT molecular complexity index is 1210. The molecule has 2 aromatic rings. The topological polar surface area (TPSA) is 124 Å². The Morgan fingerprint density at radius 2 is 1.05 bits per heavy atom. The Hall–Kier alpha value is -4.60. The highest BCUT2D eigenvalue weighted by atomic mass is 16.5. The maximum Gasteiger partial charge on any atom is 0.312 e. The molecule has 0 N–H and O–H groups in total. The lowest BCUT2D eigenvalue weighted by molar-refractivity contribution is -0.149. The molecule has 0 amide bonds. The van der Waals surface area contributed by atoms with Crippen LogP contribution in [-0.2, 0) is 28.7 Å². The first-order valence-electron chi connectivity index (χ1n) is 14.0. The molecule has 0 saturated carbocycles. The average Bonchev–Trinajstić information content (AvgIpc) is 3.00. The van der Waals surface area contributed by atoms with Gasteiger partial charge in [0, 0.05) is 0 Å². The minimum Gasteiger partial charge on any atom is -0.493 e. The van der Waals surface area contributed by atoms with E-state index in [1.165, 1.54) is 26.4 Å². The average molecular weight is 597 g/mol. The first-order valence-corrected chi connectivity index (χ1v) is 14.0. The van der Waals surface area contributed by atoms with E-state index in [-0.39, 0.29) is 43.1 Å². The zero-order valence-electron chi connectivity index (χ0n) is 25.5. The van der Waals surface area contributed by atoms with Crippen molar-refractivity contribution in [2.75, 3.05) is 40.6 Å². The van der Waals surface area contributed by atoms with E-state index < -0.39 is 11.8 Å². The number of benzene rings is 2. The molecule has 0 saturated heterocycles. The number of hydrogen-bond donors (Lipinski definition) is 0. The third kappa shape index (κ3) is 11.7. The van der Waals surface area contributed by atoms with E-state index in [1.54, 1.807) is 76.2 Å². The van der Waals surface area contributed by atoms with E-state index in [4.69, 9.17) is 28.4 Å². The van der Waals surface area contributed by atoms with Crippen LogP contribution in [0, 0.1) is 11.8 Å². The maximum atomic E-state index is 12.4. The zero-order valence-corrected chi connectivity index (χ0v) is 25.5. The minimum absolute atomic E-state index is 0.125. The third-order valence-electron chi connectivity index (χ3n) is 6.00. The highest BCUT2D eigenvalue weighted by molar-refractivity contribution is 6.10. The van der Waals surface area contributed by atoms with Gasteiger partial charge in [-0.2, -0.15) is 0 Å². The molecule has 0 bridgehead atoms. The van der Waals surface area contributed by atoms with E-state index in [0.717, 1.165) is 0 Å². The van der Waals surface area contributed by atoms with Gasteiger partial charge in [0.15, 0.2) is 34.6 Å². The molecule has 0 aliphatic rings. The summed E-state index contributed by atoms with van der Waals surface area (Å²) in [6.07, 6.45) is 5.52. The molecular weight excluding hydrogens is 556 g/mol. The van der Waals surface area contributed by atoms with Gasteiger partial charge >= 0.3 is 11.9 Å². The highest BCUT2D eigenvalue weighted by Gasteiger charge is 2.17. The third-order valence-corrected chi connectivity index (χ3v) is 6.00. The number of ether oxygens (including phenoxy) is 6. The van der Waals surface area contributed by atoms with Gasteiger partial charge in [-0.3, -0.25) is 19.2 Å². The van der Waals surface area contributed by atoms with Gasteiger partial charge in [-0.05, 0) is 75.2 Å². The van der Waals surface area contributed by atoms with Gasteiger partial charge < -0.3 is 28.4 Å². The normalized spacial score (nSPS) is 12.4. The lowest BCUT2D eigenvalue weighted by Crippen LogP contribution is -2.21. The van der Waals surface area contributed by atoms with Crippen molar-refractivity contribution in [2.45, 2.75) is 34.1 Å². The first-order chi connectivity index (χ1) is 20.6. The van der Waals surface area contributed by atoms with Gasteiger partial charge in [0.05, 0.1) is 45.7 Å². The van der Waals surface area contributed by atoms with Crippen molar-refractivity contribution in [1.82, 2.24) is 0 Å². The molecule has 10 heteroatoms. The van der Waals surface area contributed by atoms with E-state index in [0.29, 0.717) is 47.3 Å². The Morgan fingerprint density at radius 1 is 0.651 bits per heavy atom. The Labute approximate surface area is 252 Å². The molecule has 2 unspecified atom stereocenters. The number of carbonyl (C=O) groups excluding carboxylic acids is 4. The number of allylic oxidation sites excluding steroid dienone is 2. The molecule has 0 spiro atoms. The van der Waals surface area contributed by atoms with Crippen molar-refractivity contribution in [3.63, 3.8) is 0 Å². The summed E-state index contributed by atoms with van der Waals surface area (Å²) < 4.78 is 32.2. The van der Waals surface area contributed by atoms with E-state index in [9.17, 15) is 19.2 Å². The standard InChI is InChI=1S/C33H40O10/c1-7-40-32(36)22(3)20-42-28-15-11-24(17-30(28)38-5)9-13-26(34)19-27(35)14-10-25-12-16-29(31(18-25)39-6)43-21-23(4)33(37)41-8-2/h9-18,22-23H,7-8,19-21H2,1-6H3. The number of methoxy groups -OCH3 is 2. The van der Waals surface area contributed by atoms with Crippen LogP contribution in [0.3, 0.4) is 0 Å². The Morgan fingerprint density at radius 3 is 1.40 bits per heavy atom. The number of ketones is 2. The summed E-state index contributed by atoms with van der Waals surface area (Å²) in [6.45, 7) is 7.76. The van der Waals surface area contributed by atoms with Gasteiger partial charge in [-0.1, -0.05) is 24.3 Å². The van der Waals surface area contributed by atoms with Gasteiger partial charge in [-0.25, -0.2) is 0 Å². The molecule has 2 aromatic carbocycles. The molecule has 0 aromatic heterocycles. The zero-order chi connectivity index (χ0) is 31.8. The summed E-state index contributed by atoms with van der Waals surface area (Å²) in [5.74, 6) is -0.535. The first kappa shape index (κ1) is 34.6. The number of hydrogen-bond acceptors (Lipinski definition) is 10. The van der Waals surface area contributed by atoms with Crippen LogP contribution in [0.1, 0.15) is 45.2 Å². The molecule has 232 valence electrons. The van der Waals surface area contributed by atoms with Crippen LogP contribution in [0.5, 0.6) is 23.0 Å². The molecule has 0 fully saturated rings. The fourth-order valence-corrected chi connectivity index (χ4v) is 3.62. The molecule has 0 heterocycles. The van der Waals surface area contributed by atoms with E-state index in [1.807, 2.05) is 0 Å². The number of carbonyl (C=O) groups is 4. The summed E-state index contributed by atoms with van der Waals surface area (Å²) in [4.78, 5) is 48.4. The van der Waals surface area contributed by atoms with Crippen LogP contribution in [0.15, 0.2) is 48.6 Å². The second-order valence-electron chi connectivity index (χ2n) is 9.52. The van der Waals surface area contributed by atoms with Crippen molar-refractivity contribution in [1.29, 1.82) is 0 Å². The Kier molecular flexibility index (Phi) is 14.5. The SMILES string of the molecule is CCOC(=O)C(C)COc1ccc(C=CC(=O)CC(=O)C=Cc2ccc(OCC(C)C(=O)OCC)c(OC)c2)cc1OC. The van der Waals surface area contributed by atoms with Crippen LogP contribution in [0.4, 0.5) is 0 Å². The summed E-state index contributed by atoms with van der Waals surface area (Å²) >= 11 is 0. The van der Waals surface area contributed by atoms with Crippen molar-refractivity contribution in [3.05, 3.63) is 59.7 Å². The van der Waals surface area contributed by atoms with Gasteiger partial charge in [0.25, 0.3) is 0 Å². The summed E-state index contributed by atoms with van der Waals surface area (Å²) in [7, 11) is 2.98. The van der Waals surface area contributed by atoms with Crippen LogP contribution >= 0.6 is 0 Å². The summed E-state index contributed by atoms with van der Waals surface area (Å²) in [5, 5.41) is 0. The van der Waals surface area contributed by atoms with E-state index in [2.05, 4.69) is 0 Å². The molecule has 0 aliphatic carbocycles. The molecule has 43 heavy (non-hydrogen) atoms. The molecule has 2 rings (SSSR count).